The van der Waals surface area contributed by atoms with Crippen molar-refractivity contribution in [3.05, 3.63) is 24.5 Å². The van der Waals surface area contributed by atoms with Gasteiger partial charge >= 0.3 is 0 Å². The number of aliphatic hydroxyl groups excluding tert-OH is 3. The predicted octanol–water partition coefficient (Wildman–Crippen LogP) is -1.59. The number of rotatable bonds is 6. The van der Waals surface area contributed by atoms with Gasteiger partial charge in [0, 0.05) is 6.54 Å². The van der Waals surface area contributed by atoms with E-state index in [1.54, 1.807) is 23.3 Å². The summed E-state index contributed by atoms with van der Waals surface area (Å²) in [5.41, 5.74) is 1.67. The molecule has 3 aromatic rings. The van der Waals surface area contributed by atoms with Crippen LogP contribution in [0.15, 0.2) is 18.9 Å². The molecule has 0 aliphatic heterocycles. The van der Waals surface area contributed by atoms with Crippen molar-refractivity contribution in [1.29, 1.82) is 0 Å². The molecule has 0 unspecified atom stereocenters. The molecule has 3 rings (SSSR count). The fourth-order valence-electron chi connectivity index (χ4n) is 2.10. The van der Waals surface area contributed by atoms with Gasteiger partial charge in [-0.1, -0.05) is 0 Å². The van der Waals surface area contributed by atoms with E-state index in [4.69, 9.17) is 0 Å². The van der Waals surface area contributed by atoms with E-state index in [0.717, 1.165) is 11.2 Å². The summed E-state index contributed by atoms with van der Waals surface area (Å²) < 4.78 is 1.78. The average molecular weight is 292 g/mol. The van der Waals surface area contributed by atoms with Gasteiger partial charge < -0.3 is 20.3 Å². The minimum atomic E-state index is -1.13. The van der Waals surface area contributed by atoms with Gasteiger partial charge in [0.25, 0.3) is 0 Å². The van der Waals surface area contributed by atoms with Crippen LogP contribution in [0.3, 0.4) is 0 Å². The van der Waals surface area contributed by atoms with E-state index in [2.05, 4.69) is 25.3 Å². The summed E-state index contributed by atoms with van der Waals surface area (Å²) in [5, 5.41) is 30.9. The Morgan fingerprint density at radius 1 is 1.14 bits per heavy atom. The first-order valence-corrected chi connectivity index (χ1v) is 6.44. The second-order valence-electron chi connectivity index (χ2n) is 4.90. The minimum Gasteiger partial charge on any atom is -0.394 e. The highest BCUT2D eigenvalue weighted by Crippen LogP contribution is 2.15. The number of aliphatic hydroxyl groups is 3. The van der Waals surface area contributed by atoms with E-state index in [-0.39, 0.29) is 19.8 Å². The zero-order valence-electron chi connectivity index (χ0n) is 11.2. The monoisotopic (exact) mass is 292 g/mol. The van der Waals surface area contributed by atoms with Crippen LogP contribution >= 0.6 is 0 Å². The maximum atomic E-state index is 9.30. The molecule has 0 saturated carbocycles. The van der Waals surface area contributed by atoms with E-state index in [1.807, 2.05) is 0 Å². The Kier molecular flexibility index (Phi) is 3.55. The molecule has 3 heterocycles. The van der Waals surface area contributed by atoms with E-state index in [9.17, 15) is 15.3 Å². The first kappa shape index (κ1) is 13.9. The zero-order valence-corrected chi connectivity index (χ0v) is 11.2. The van der Waals surface area contributed by atoms with Gasteiger partial charge in [-0.05, 0) is 0 Å². The highest BCUT2D eigenvalue weighted by molar-refractivity contribution is 5.84. The lowest BCUT2D eigenvalue weighted by atomic mass is 10.0. The van der Waals surface area contributed by atoms with Crippen molar-refractivity contribution in [1.82, 2.24) is 29.7 Å². The molecule has 5 N–H and O–H groups in total. The summed E-state index contributed by atoms with van der Waals surface area (Å²) in [7, 11) is 0. The molecule has 3 aromatic heterocycles. The Morgan fingerprint density at radius 3 is 2.62 bits per heavy atom. The van der Waals surface area contributed by atoms with E-state index < -0.39 is 5.54 Å². The maximum absolute atomic E-state index is 9.30. The van der Waals surface area contributed by atoms with Crippen LogP contribution in [0.5, 0.6) is 0 Å². The summed E-state index contributed by atoms with van der Waals surface area (Å²) in [6.07, 6.45) is 4.83. The Hall–Kier alpha value is -2.07. The lowest BCUT2D eigenvalue weighted by Crippen LogP contribution is -2.54. The number of aromatic nitrogens is 5. The SMILES string of the molecule is OCC(CO)(CO)NCc1cnc2c3[nH]cnc3ncn12. The molecule has 0 fully saturated rings. The third-order valence-electron chi connectivity index (χ3n) is 3.56. The Balaban J connectivity index is 1.91. The fourth-order valence-corrected chi connectivity index (χ4v) is 2.10. The Morgan fingerprint density at radius 2 is 1.90 bits per heavy atom. The van der Waals surface area contributed by atoms with Gasteiger partial charge in [-0.15, -0.1) is 0 Å². The third kappa shape index (κ3) is 2.25. The first-order valence-electron chi connectivity index (χ1n) is 6.44. The van der Waals surface area contributed by atoms with Gasteiger partial charge in [-0.25, -0.2) is 15.0 Å². The fraction of sp³-hybridized carbons (Fsp3) is 0.417. The average Bonchev–Trinajstić information content (AvgIpc) is 3.15. The summed E-state index contributed by atoms with van der Waals surface area (Å²) in [4.78, 5) is 15.6. The summed E-state index contributed by atoms with van der Waals surface area (Å²) in [6, 6.07) is 0. The number of nitrogens with one attached hydrogen (secondary N) is 2. The van der Waals surface area contributed by atoms with Gasteiger partial charge in [0.15, 0.2) is 11.3 Å². The molecule has 9 nitrogen and oxygen atoms in total. The van der Waals surface area contributed by atoms with Crippen LogP contribution in [0.4, 0.5) is 0 Å². The smallest absolute Gasteiger partial charge is 0.182 e. The van der Waals surface area contributed by atoms with E-state index in [0.29, 0.717) is 17.8 Å². The number of nitrogens with zero attached hydrogens (tertiary/aromatic N) is 4. The molecule has 0 amide bonds. The van der Waals surface area contributed by atoms with Gasteiger partial charge in [-0.2, -0.15) is 0 Å². The molecule has 0 aromatic carbocycles. The standard InChI is InChI=1S/C12H16N6O3/c19-3-12(4-20,5-21)17-2-8-1-13-11-9-10(15-6-14-9)16-7-18(8)11/h1,6-7,17,19-21H,2-5H2,(H,14,15). The van der Waals surface area contributed by atoms with Crippen LogP contribution in [-0.2, 0) is 6.54 Å². The lowest BCUT2D eigenvalue weighted by Gasteiger charge is -2.28. The molecule has 0 aliphatic rings. The maximum Gasteiger partial charge on any atom is 0.182 e. The van der Waals surface area contributed by atoms with Crippen molar-refractivity contribution >= 4 is 16.8 Å². The molecule has 0 radical (unpaired) electrons. The van der Waals surface area contributed by atoms with Gasteiger partial charge in [0.1, 0.15) is 11.8 Å². The zero-order chi connectivity index (χ0) is 14.9. The van der Waals surface area contributed by atoms with Crippen LogP contribution in [0.2, 0.25) is 0 Å². The predicted molar refractivity (Wildman–Crippen MR) is 73.5 cm³/mol. The molecule has 0 saturated heterocycles. The Bertz CT molecular complexity index is 739. The molecule has 0 spiro atoms. The largest absolute Gasteiger partial charge is 0.394 e. The quantitative estimate of drug-likeness (QED) is 0.370. The number of hydrogen-bond acceptors (Lipinski definition) is 7. The molecule has 0 atom stereocenters. The van der Waals surface area contributed by atoms with Crippen LogP contribution in [0, 0.1) is 0 Å². The molecule has 9 heteroatoms. The summed E-state index contributed by atoms with van der Waals surface area (Å²) in [6.45, 7) is -0.816. The highest BCUT2D eigenvalue weighted by atomic mass is 16.3. The molecule has 0 bridgehead atoms. The minimum absolute atomic E-state index is 0.310. The van der Waals surface area contributed by atoms with Crippen LogP contribution in [0.25, 0.3) is 16.8 Å². The van der Waals surface area contributed by atoms with Crippen molar-refractivity contribution in [2.75, 3.05) is 19.8 Å². The van der Waals surface area contributed by atoms with Gasteiger partial charge in [0.2, 0.25) is 0 Å². The van der Waals surface area contributed by atoms with Gasteiger partial charge in [-0.3, -0.25) is 9.72 Å². The number of fused-ring (bicyclic) bond motifs is 3. The highest BCUT2D eigenvalue weighted by Gasteiger charge is 2.27. The summed E-state index contributed by atoms with van der Waals surface area (Å²) >= 11 is 0. The van der Waals surface area contributed by atoms with Crippen LogP contribution in [0.1, 0.15) is 5.69 Å². The molecular weight excluding hydrogens is 276 g/mol. The number of imidazole rings is 2. The number of hydrogen-bond donors (Lipinski definition) is 5. The van der Waals surface area contributed by atoms with Crippen LogP contribution < -0.4 is 5.32 Å². The van der Waals surface area contributed by atoms with Crippen LogP contribution in [-0.4, -0.2) is 65.0 Å². The molecule has 0 aliphatic carbocycles. The van der Waals surface area contributed by atoms with Crippen molar-refractivity contribution in [3.8, 4) is 0 Å². The van der Waals surface area contributed by atoms with E-state index in [1.165, 1.54) is 0 Å². The van der Waals surface area contributed by atoms with Crippen molar-refractivity contribution < 1.29 is 15.3 Å². The first-order chi connectivity index (χ1) is 10.2. The van der Waals surface area contributed by atoms with Gasteiger partial charge in [0.05, 0.1) is 43.6 Å². The Labute approximate surface area is 119 Å². The number of H-pyrrole nitrogens is 1. The lowest BCUT2D eigenvalue weighted by molar-refractivity contribution is 0.0411. The van der Waals surface area contributed by atoms with Crippen molar-refractivity contribution in [3.63, 3.8) is 0 Å². The third-order valence-corrected chi connectivity index (χ3v) is 3.56. The number of aromatic amines is 1. The topological polar surface area (TPSA) is 132 Å². The molecule has 21 heavy (non-hydrogen) atoms. The second-order valence-corrected chi connectivity index (χ2v) is 4.90. The second kappa shape index (κ2) is 5.37. The molecule has 112 valence electrons. The normalized spacial score (nSPS) is 12.5. The summed E-state index contributed by atoms with van der Waals surface area (Å²) in [5.74, 6) is 0. The molecular formula is C12H16N6O3. The van der Waals surface area contributed by atoms with Crippen molar-refractivity contribution in [2.45, 2.75) is 12.1 Å². The van der Waals surface area contributed by atoms with Crippen molar-refractivity contribution in [2.24, 2.45) is 0 Å². The van der Waals surface area contributed by atoms with E-state index >= 15 is 0 Å².